The number of allylic oxidation sites excluding steroid dienone is 4. The van der Waals surface area contributed by atoms with Crippen molar-refractivity contribution >= 4 is 35.0 Å². The van der Waals surface area contributed by atoms with E-state index in [1.807, 2.05) is 66.7 Å². The third-order valence-electron chi connectivity index (χ3n) is 10.6. The van der Waals surface area contributed by atoms with Crippen LogP contribution in [0.15, 0.2) is 90.5 Å². The summed E-state index contributed by atoms with van der Waals surface area (Å²) in [5.41, 5.74) is 3.00. The summed E-state index contributed by atoms with van der Waals surface area (Å²) in [5.74, 6) is -5.41. The Bertz CT molecular complexity index is 1870. The zero-order chi connectivity index (χ0) is 32.5. The van der Waals surface area contributed by atoms with Gasteiger partial charge in [0, 0.05) is 17.4 Å². The minimum absolute atomic E-state index is 0.136. The number of amides is 3. The lowest BCUT2D eigenvalue weighted by atomic mass is 9.44. The predicted octanol–water partition coefficient (Wildman–Crippen LogP) is 5.60. The number of hydrogen-bond acceptors (Lipinski definition) is 7. The quantitative estimate of drug-likeness (QED) is 0.301. The van der Waals surface area contributed by atoms with Gasteiger partial charge in [-0.15, -0.1) is 0 Å². The third kappa shape index (κ3) is 4.02. The van der Waals surface area contributed by atoms with E-state index in [0.29, 0.717) is 32.7 Å². The van der Waals surface area contributed by atoms with Crippen LogP contribution in [0.4, 0.5) is 4.79 Å². The number of hydrogen-bond donors (Lipinski definition) is 1. The summed E-state index contributed by atoms with van der Waals surface area (Å²) in [7, 11) is 1.12. The van der Waals surface area contributed by atoms with Crippen molar-refractivity contribution in [2.24, 2.45) is 23.7 Å². The minimum Gasteiger partial charge on any atom is -0.507 e. The van der Waals surface area contributed by atoms with Crippen molar-refractivity contribution < 1.29 is 33.8 Å². The van der Waals surface area contributed by atoms with E-state index in [0.717, 1.165) is 18.2 Å². The molecule has 6 atom stereocenters. The Morgan fingerprint density at radius 1 is 0.891 bits per heavy atom. The van der Waals surface area contributed by atoms with Crippen LogP contribution in [0.2, 0.25) is 0 Å². The summed E-state index contributed by atoms with van der Waals surface area (Å²) >= 11 is 0. The molecule has 0 unspecified atom stereocenters. The summed E-state index contributed by atoms with van der Waals surface area (Å²) in [6.07, 6.45) is 2.72. The van der Waals surface area contributed by atoms with Gasteiger partial charge in [-0.05, 0) is 66.5 Å². The van der Waals surface area contributed by atoms with Crippen LogP contribution in [0.5, 0.6) is 5.75 Å². The summed E-state index contributed by atoms with van der Waals surface area (Å²) in [6, 6.07) is 22.1. The number of carbonyl (C=O) groups excluding carboxylic acids is 5. The number of likely N-dealkylation sites (tertiary alicyclic amines) is 1. The lowest BCUT2D eigenvalue weighted by Crippen LogP contribution is -2.58. The van der Waals surface area contributed by atoms with Crippen LogP contribution in [0.3, 0.4) is 0 Å². The fourth-order valence-electron chi connectivity index (χ4n) is 8.68. The van der Waals surface area contributed by atoms with Crippen LogP contribution >= 0.6 is 0 Å². The van der Waals surface area contributed by atoms with Crippen molar-refractivity contribution in [1.29, 1.82) is 0 Å². The van der Waals surface area contributed by atoms with Gasteiger partial charge in [-0.25, -0.2) is 4.79 Å². The fourth-order valence-corrected chi connectivity index (χ4v) is 8.68. The zero-order valence-corrected chi connectivity index (χ0v) is 25.7. The Labute approximate surface area is 266 Å². The molecule has 1 saturated carbocycles. The number of rotatable bonds is 3. The second-order valence-electron chi connectivity index (χ2n) is 12.8. The van der Waals surface area contributed by atoms with Gasteiger partial charge in [0.2, 0.25) is 11.8 Å². The molecule has 0 radical (unpaired) electrons. The summed E-state index contributed by atoms with van der Waals surface area (Å²) in [6.45, 7) is 3.58. The normalized spacial score (nSPS) is 28.6. The maximum Gasteiger partial charge on any atom is 0.423 e. The minimum atomic E-state index is -1.37. The van der Waals surface area contributed by atoms with Crippen molar-refractivity contribution in [3.8, 4) is 5.75 Å². The molecule has 8 nitrogen and oxygen atoms in total. The summed E-state index contributed by atoms with van der Waals surface area (Å²) in [5, 5.41) is 10.7. The molecule has 0 spiro atoms. The molecule has 1 N–H and O–H groups in total. The average Bonchev–Trinajstić information content (AvgIpc) is 3.33. The van der Waals surface area contributed by atoms with Gasteiger partial charge in [0.15, 0.2) is 11.6 Å². The predicted molar refractivity (Wildman–Crippen MR) is 168 cm³/mol. The molecular formula is C38H33NO7. The molecule has 1 heterocycles. The molecule has 3 aromatic rings. The number of benzene rings is 3. The number of phenolic OH excluding ortho intramolecular Hbond substituents is 1. The van der Waals surface area contributed by atoms with E-state index in [-0.39, 0.29) is 30.2 Å². The standard InChI is InChI=1S/C38H33NO7/c1-20-16-23(17-21(2)33(20)41)32-25-14-15-26-31(36(44)39(35(26)43)37(45)46-3)28(25)18-29-34(42)27(22-10-6-4-7-11-22)19-30(40)38(29,32)24-12-8-5-9-13-24/h4-14,16-17,19,26,28-29,31-32,41H,15,18H2,1-3H3/t26-,28+,29-,31-,32-,38-/m0/s1. The highest BCUT2D eigenvalue weighted by atomic mass is 16.5. The number of imide groups is 3. The molecule has 46 heavy (non-hydrogen) atoms. The van der Waals surface area contributed by atoms with Gasteiger partial charge in [0.25, 0.3) is 0 Å². The van der Waals surface area contributed by atoms with Crippen LogP contribution in [-0.2, 0) is 29.3 Å². The summed E-state index contributed by atoms with van der Waals surface area (Å²) < 4.78 is 4.80. The van der Waals surface area contributed by atoms with Crippen molar-refractivity contribution in [3.05, 3.63) is 118 Å². The molecule has 7 rings (SSSR count). The number of carbonyl (C=O) groups is 5. The summed E-state index contributed by atoms with van der Waals surface area (Å²) in [4.78, 5) is 70.4. The van der Waals surface area contributed by atoms with Gasteiger partial charge >= 0.3 is 6.09 Å². The first-order valence-electron chi connectivity index (χ1n) is 15.5. The molecule has 0 bridgehead atoms. The van der Waals surface area contributed by atoms with E-state index in [1.165, 1.54) is 6.08 Å². The van der Waals surface area contributed by atoms with Gasteiger partial charge in [0.05, 0.1) is 24.4 Å². The van der Waals surface area contributed by atoms with E-state index >= 15 is 4.79 Å². The third-order valence-corrected chi connectivity index (χ3v) is 10.6. The zero-order valence-electron chi connectivity index (χ0n) is 25.7. The molecule has 1 saturated heterocycles. The Hall–Kier alpha value is -5.11. The second-order valence-corrected chi connectivity index (χ2v) is 12.8. The molecule has 3 amide bonds. The van der Waals surface area contributed by atoms with E-state index in [4.69, 9.17) is 4.74 Å². The van der Waals surface area contributed by atoms with E-state index < -0.39 is 52.9 Å². The number of nitrogens with zero attached hydrogens (tertiary/aromatic N) is 1. The molecule has 3 aliphatic carbocycles. The van der Waals surface area contributed by atoms with Crippen LogP contribution in [-0.4, -0.2) is 46.6 Å². The van der Waals surface area contributed by atoms with Gasteiger partial charge in [-0.3, -0.25) is 19.2 Å². The lowest BCUT2D eigenvalue weighted by Gasteiger charge is -2.55. The number of ether oxygens (including phenoxy) is 1. The van der Waals surface area contributed by atoms with Crippen molar-refractivity contribution in [2.75, 3.05) is 7.11 Å². The Kier molecular flexibility index (Phi) is 6.92. The maximum absolute atomic E-state index is 15.0. The molecular weight excluding hydrogens is 582 g/mol. The number of phenols is 1. The first-order chi connectivity index (χ1) is 22.1. The number of methoxy groups -OCH3 is 1. The topological polar surface area (TPSA) is 118 Å². The van der Waals surface area contributed by atoms with E-state index in [1.54, 1.807) is 26.0 Å². The molecule has 8 heteroatoms. The highest BCUT2D eigenvalue weighted by molar-refractivity contribution is 6.31. The Balaban J connectivity index is 1.52. The highest BCUT2D eigenvalue weighted by Crippen LogP contribution is 2.63. The maximum atomic E-state index is 15.0. The van der Waals surface area contributed by atoms with E-state index in [2.05, 4.69) is 0 Å². The average molecular weight is 616 g/mol. The Morgan fingerprint density at radius 3 is 2.15 bits per heavy atom. The fraction of sp³-hybridized carbons (Fsp3) is 0.289. The van der Waals surface area contributed by atoms with Crippen molar-refractivity contribution in [3.63, 3.8) is 0 Å². The van der Waals surface area contributed by atoms with Gasteiger partial charge in [-0.1, -0.05) is 84.4 Å². The SMILES string of the molecule is COC(=O)N1C(=O)[C@H]2[C@H](CC=C3[C@H]2C[C@H]2C(=O)C(c4ccccc4)=CC(=O)[C@@]2(c2ccccc2)[C@H]3c2cc(C)c(O)c(C)c2)C1=O. The first-order valence-corrected chi connectivity index (χ1v) is 15.5. The smallest absolute Gasteiger partial charge is 0.423 e. The van der Waals surface area contributed by atoms with Crippen LogP contribution < -0.4 is 0 Å². The largest absolute Gasteiger partial charge is 0.507 e. The van der Waals surface area contributed by atoms with E-state index in [9.17, 15) is 24.3 Å². The molecule has 1 aliphatic heterocycles. The number of fused-ring (bicyclic) bond motifs is 4. The van der Waals surface area contributed by atoms with Crippen molar-refractivity contribution in [1.82, 2.24) is 4.90 Å². The molecule has 4 aliphatic rings. The molecule has 232 valence electrons. The van der Waals surface area contributed by atoms with Crippen LogP contribution in [0, 0.1) is 37.5 Å². The second kappa shape index (κ2) is 10.8. The van der Waals surface area contributed by atoms with Gasteiger partial charge in [0.1, 0.15) is 5.75 Å². The highest BCUT2D eigenvalue weighted by Gasteiger charge is 2.66. The van der Waals surface area contributed by atoms with Crippen LogP contribution in [0.25, 0.3) is 5.57 Å². The van der Waals surface area contributed by atoms with Crippen molar-refractivity contribution in [2.45, 2.75) is 38.0 Å². The number of aryl methyl sites for hydroxylation is 2. The number of Topliss-reactive ketones (excluding diaryl/α,β-unsaturated/α-hetero) is 1. The first kappa shape index (κ1) is 29.6. The lowest BCUT2D eigenvalue weighted by molar-refractivity contribution is -0.138. The molecule has 2 fully saturated rings. The molecule has 3 aromatic carbocycles. The molecule has 0 aromatic heterocycles. The monoisotopic (exact) mass is 615 g/mol. The number of ketones is 2. The van der Waals surface area contributed by atoms with Crippen LogP contribution in [0.1, 0.15) is 46.6 Å². The Morgan fingerprint density at radius 2 is 1.52 bits per heavy atom. The van der Waals surface area contributed by atoms with Gasteiger partial charge < -0.3 is 9.84 Å². The number of aromatic hydroxyl groups is 1. The van der Waals surface area contributed by atoms with Gasteiger partial charge in [-0.2, -0.15) is 4.90 Å².